The molecule has 0 aliphatic carbocycles. The summed E-state index contributed by atoms with van der Waals surface area (Å²) in [7, 11) is 0. The molecule has 1 heterocycles. The first-order valence-corrected chi connectivity index (χ1v) is 5.02. The molecule has 1 rings (SSSR count). The molecule has 4 nitrogen and oxygen atoms in total. The van der Waals surface area contributed by atoms with E-state index in [0.29, 0.717) is 0 Å². The van der Waals surface area contributed by atoms with Crippen molar-refractivity contribution < 1.29 is 0 Å². The summed E-state index contributed by atoms with van der Waals surface area (Å²) in [6.45, 7) is 9.15. The summed E-state index contributed by atoms with van der Waals surface area (Å²) >= 11 is 0. The molecule has 80 valence electrons. The lowest BCUT2D eigenvalue weighted by Crippen LogP contribution is -2.47. The molecule has 0 aliphatic rings. The molecular weight excluding hydrogens is 176 g/mol. The van der Waals surface area contributed by atoms with E-state index < -0.39 is 0 Å². The van der Waals surface area contributed by atoms with Gasteiger partial charge in [-0.05, 0) is 27.7 Å². The van der Waals surface area contributed by atoms with E-state index >= 15 is 0 Å². The Morgan fingerprint density at radius 2 is 2.29 bits per heavy atom. The average molecular weight is 196 g/mol. The third-order valence-corrected chi connectivity index (χ3v) is 2.63. The predicted octanol–water partition coefficient (Wildman–Crippen LogP) is 1.44. The van der Waals surface area contributed by atoms with Gasteiger partial charge in [0.1, 0.15) is 0 Å². The maximum atomic E-state index is 5.88. The third-order valence-electron chi connectivity index (χ3n) is 2.63. The Morgan fingerprint density at radius 1 is 1.64 bits per heavy atom. The first-order valence-electron chi connectivity index (χ1n) is 5.02. The van der Waals surface area contributed by atoms with Gasteiger partial charge in [0.15, 0.2) is 0 Å². The second-order valence-electron chi connectivity index (χ2n) is 4.17. The summed E-state index contributed by atoms with van der Waals surface area (Å²) < 4.78 is 2.06. The molecule has 1 unspecified atom stereocenters. The highest BCUT2D eigenvalue weighted by atomic mass is 15.2. The quantitative estimate of drug-likeness (QED) is 0.766. The fraction of sp³-hybridized carbons (Fsp3) is 0.700. The van der Waals surface area contributed by atoms with Gasteiger partial charge in [0.25, 0.3) is 0 Å². The number of hydrogen-bond donors (Lipinski definition) is 2. The lowest BCUT2D eigenvalue weighted by atomic mass is 9.97. The van der Waals surface area contributed by atoms with Gasteiger partial charge in [-0.1, -0.05) is 0 Å². The lowest BCUT2D eigenvalue weighted by molar-refractivity contribution is 0.464. The summed E-state index contributed by atoms with van der Waals surface area (Å²) in [6.07, 6.45) is 3.75. The molecule has 0 saturated heterocycles. The van der Waals surface area contributed by atoms with Crippen molar-refractivity contribution in [2.75, 3.05) is 5.32 Å². The van der Waals surface area contributed by atoms with Crippen molar-refractivity contribution in [3.63, 3.8) is 0 Å². The summed E-state index contributed by atoms with van der Waals surface area (Å²) in [5.74, 6) is 0.884. The molecule has 1 atom stereocenters. The number of anilines is 1. The maximum absolute atomic E-state index is 5.88. The zero-order valence-electron chi connectivity index (χ0n) is 9.41. The average Bonchev–Trinajstić information content (AvgIpc) is 2.50. The molecule has 3 N–H and O–H groups in total. The molecule has 4 heteroatoms. The summed E-state index contributed by atoms with van der Waals surface area (Å²) in [4.78, 5) is 4.25. The SMILES string of the molecule is CCn1ccnc1NC(C)(C)C(C)N. The molecule has 0 aliphatic heterocycles. The van der Waals surface area contributed by atoms with Gasteiger partial charge in [-0.25, -0.2) is 4.98 Å². The first-order chi connectivity index (χ1) is 6.47. The molecule has 0 fully saturated rings. The molecule has 0 aromatic carbocycles. The van der Waals surface area contributed by atoms with Gasteiger partial charge in [0, 0.05) is 30.5 Å². The van der Waals surface area contributed by atoms with E-state index in [-0.39, 0.29) is 11.6 Å². The van der Waals surface area contributed by atoms with E-state index in [9.17, 15) is 0 Å². The Kier molecular flexibility index (Phi) is 3.16. The number of hydrogen-bond acceptors (Lipinski definition) is 3. The Bertz CT molecular complexity index is 288. The monoisotopic (exact) mass is 196 g/mol. The minimum absolute atomic E-state index is 0.0736. The highest BCUT2D eigenvalue weighted by molar-refractivity contribution is 5.30. The number of imidazole rings is 1. The Morgan fingerprint density at radius 3 is 2.79 bits per heavy atom. The minimum Gasteiger partial charge on any atom is -0.349 e. The van der Waals surface area contributed by atoms with Gasteiger partial charge in [-0.3, -0.25) is 0 Å². The van der Waals surface area contributed by atoms with E-state index in [1.807, 2.05) is 13.1 Å². The van der Waals surface area contributed by atoms with Crippen LogP contribution in [0.1, 0.15) is 27.7 Å². The normalized spacial score (nSPS) is 14.1. The molecule has 0 spiro atoms. The first kappa shape index (κ1) is 11.0. The standard InChI is InChI=1S/C10H20N4/c1-5-14-7-6-12-9(14)13-10(3,4)8(2)11/h6-8H,5,11H2,1-4H3,(H,12,13). The largest absolute Gasteiger partial charge is 0.349 e. The van der Waals surface area contributed by atoms with Gasteiger partial charge in [0.05, 0.1) is 0 Å². The van der Waals surface area contributed by atoms with Crippen molar-refractivity contribution in [1.82, 2.24) is 9.55 Å². The van der Waals surface area contributed by atoms with Gasteiger partial charge in [-0.15, -0.1) is 0 Å². The Labute approximate surface area is 85.5 Å². The van der Waals surface area contributed by atoms with E-state index in [4.69, 9.17) is 5.73 Å². The topological polar surface area (TPSA) is 55.9 Å². The second kappa shape index (κ2) is 4.00. The highest BCUT2D eigenvalue weighted by Gasteiger charge is 2.23. The van der Waals surface area contributed by atoms with Crippen LogP contribution in [0.25, 0.3) is 0 Å². The fourth-order valence-corrected chi connectivity index (χ4v) is 1.09. The lowest BCUT2D eigenvalue weighted by Gasteiger charge is -2.30. The number of nitrogens with zero attached hydrogens (tertiary/aromatic N) is 2. The van der Waals surface area contributed by atoms with Crippen molar-refractivity contribution in [2.45, 2.75) is 45.8 Å². The molecular formula is C10H20N4. The Balaban J connectivity index is 2.78. The number of aromatic nitrogens is 2. The molecule has 0 bridgehead atoms. The van der Waals surface area contributed by atoms with E-state index in [1.54, 1.807) is 6.20 Å². The smallest absolute Gasteiger partial charge is 0.203 e. The summed E-state index contributed by atoms with van der Waals surface area (Å²) in [5.41, 5.74) is 5.74. The summed E-state index contributed by atoms with van der Waals surface area (Å²) in [5, 5.41) is 3.34. The van der Waals surface area contributed by atoms with Crippen LogP contribution in [0.5, 0.6) is 0 Å². The van der Waals surface area contributed by atoms with Crippen LogP contribution in [0.2, 0.25) is 0 Å². The van der Waals surface area contributed by atoms with Crippen molar-refractivity contribution in [3.8, 4) is 0 Å². The van der Waals surface area contributed by atoms with Gasteiger partial charge >= 0.3 is 0 Å². The molecule has 0 radical (unpaired) electrons. The van der Waals surface area contributed by atoms with E-state index in [1.165, 1.54) is 0 Å². The van der Waals surface area contributed by atoms with E-state index in [2.05, 4.69) is 35.6 Å². The van der Waals surface area contributed by atoms with Crippen LogP contribution < -0.4 is 11.1 Å². The molecule has 1 aromatic rings. The van der Waals surface area contributed by atoms with Crippen molar-refractivity contribution >= 4 is 5.95 Å². The number of rotatable bonds is 4. The van der Waals surface area contributed by atoms with Crippen LogP contribution in [-0.2, 0) is 6.54 Å². The van der Waals surface area contributed by atoms with Crippen LogP contribution in [0.4, 0.5) is 5.95 Å². The van der Waals surface area contributed by atoms with Crippen molar-refractivity contribution in [2.24, 2.45) is 5.73 Å². The summed E-state index contributed by atoms with van der Waals surface area (Å²) in [6, 6.07) is 0.0736. The Hall–Kier alpha value is -1.03. The van der Waals surface area contributed by atoms with Gasteiger partial charge in [-0.2, -0.15) is 0 Å². The molecule has 0 saturated carbocycles. The van der Waals surface area contributed by atoms with Gasteiger partial charge < -0.3 is 15.6 Å². The van der Waals surface area contributed by atoms with Crippen LogP contribution in [0.15, 0.2) is 12.4 Å². The number of aryl methyl sites for hydroxylation is 1. The fourth-order valence-electron chi connectivity index (χ4n) is 1.09. The minimum atomic E-state index is -0.141. The molecule has 1 aromatic heterocycles. The highest BCUT2D eigenvalue weighted by Crippen LogP contribution is 2.15. The zero-order chi connectivity index (χ0) is 10.8. The number of nitrogens with one attached hydrogen (secondary N) is 1. The van der Waals surface area contributed by atoms with Crippen LogP contribution in [-0.4, -0.2) is 21.1 Å². The van der Waals surface area contributed by atoms with Crippen LogP contribution in [0.3, 0.4) is 0 Å². The second-order valence-corrected chi connectivity index (χ2v) is 4.17. The molecule has 0 amide bonds. The third kappa shape index (κ3) is 2.26. The van der Waals surface area contributed by atoms with E-state index in [0.717, 1.165) is 12.5 Å². The van der Waals surface area contributed by atoms with Crippen LogP contribution in [0, 0.1) is 0 Å². The van der Waals surface area contributed by atoms with Crippen molar-refractivity contribution in [3.05, 3.63) is 12.4 Å². The zero-order valence-corrected chi connectivity index (χ0v) is 9.41. The van der Waals surface area contributed by atoms with Crippen LogP contribution >= 0.6 is 0 Å². The van der Waals surface area contributed by atoms with Crippen molar-refractivity contribution in [1.29, 1.82) is 0 Å². The maximum Gasteiger partial charge on any atom is 0.203 e. The van der Waals surface area contributed by atoms with Gasteiger partial charge in [0.2, 0.25) is 5.95 Å². The molecule has 14 heavy (non-hydrogen) atoms. The number of nitrogens with two attached hydrogens (primary N) is 1. The predicted molar refractivity (Wildman–Crippen MR) is 59.3 cm³/mol.